The van der Waals surface area contributed by atoms with Gasteiger partial charge in [-0.1, -0.05) is 30.4 Å². The minimum absolute atomic E-state index is 0.274. The summed E-state index contributed by atoms with van der Waals surface area (Å²) in [5, 5.41) is 32.3. The number of nitrogens with zero attached hydrogens (tertiary/aromatic N) is 3. The van der Waals surface area contributed by atoms with Crippen molar-refractivity contribution in [3.63, 3.8) is 0 Å². The first-order valence-electron chi connectivity index (χ1n) is 6.93. The van der Waals surface area contributed by atoms with Crippen LogP contribution in [-0.4, -0.2) is 41.8 Å². The monoisotopic (exact) mass is 327 g/mol. The van der Waals surface area contributed by atoms with E-state index in [1.54, 1.807) is 18.2 Å². The molecule has 24 heavy (non-hydrogen) atoms. The minimum Gasteiger partial charge on any atom is -0.502 e. The Morgan fingerprint density at radius 1 is 1.33 bits per heavy atom. The Morgan fingerprint density at radius 3 is 2.79 bits per heavy atom. The Hall–Kier alpha value is -3.49. The van der Waals surface area contributed by atoms with Crippen LogP contribution in [0.2, 0.25) is 0 Å². The number of H-pyrrole nitrogens is 2. The average molecular weight is 327 g/mol. The topological polar surface area (TPSA) is 145 Å². The summed E-state index contributed by atoms with van der Waals surface area (Å²) in [5.41, 5.74) is -1.07. The molecule has 1 aliphatic rings. The molecule has 1 unspecified atom stereocenters. The lowest BCUT2D eigenvalue weighted by Gasteiger charge is -2.16. The van der Waals surface area contributed by atoms with Crippen molar-refractivity contribution in [2.75, 3.05) is 0 Å². The number of aromatic hydroxyl groups is 1. The summed E-state index contributed by atoms with van der Waals surface area (Å²) in [6, 6.07) is 1.14. The molecule has 1 atom stereocenters. The third kappa shape index (κ3) is 2.62. The Kier molecular flexibility index (Phi) is 3.60. The van der Waals surface area contributed by atoms with Crippen LogP contribution in [0.1, 0.15) is 28.9 Å². The fourth-order valence-corrected chi connectivity index (χ4v) is 2.31. The summed E-state index contributed by atoms with van der Waals surface area (Å²) in [6.45, 7) is 1.89. The number of carboxylic acids is 1. The van der Waals surface area contributed by atoms with Gasteiger partial charge in [0.25, 0.3) is 0 Å². The number of hydrogen-bond donors (Lipinski definition) is 4. The van der Waals surface area contributed by atoms with Crippen molar-refractivity contribution < 1.29 is 15.0 Å². The average Bonchev–Trinajstić information content (AvgIpc) is 3.01. The molecule has 0 aliphatic heterocycles. The van der Waals surface area contributed by atoms with E-state index in [4.69, 9.17) is 5.11 Å². The second-order valence-corrected chi connectivity index (χ2v) is 5.42. The number of aromatic carboxylic acids is 1. The van der Waals surface area contributed by atoms with Crippen molar-refractivity contribution in [3.05, 3.63) is 63.9 Å². The smallest absolute Gasteiger partial charge is 0.356 e. The first-order chi connectivity index (χ1) is 11.4. The normalized spacial score (nSPS) is 19.8. The molecular formula is C15H13N5O4. The SMILES string of the molecule is CC1(c2nnn[nH]2)C=CC=C(c2cc(=O)c(O)c(C(=O)O)[nH]2)C=C1. The van der Waals surface area contributed by atoms with Crippen molar-refractivity contribution in [1.82, 2.24) is 25.6 Å². The van der Waals surface area contributed by atoms with E-state index in [2.05, 4.69) is 25.6 Å². The number of carbonyl (C=O) groups is 1. The maximum atomic E-state index is 11.8. The maximum Gasteiger partial charge on any atom is 0.356 e. The van der Waals surface area contributed by atoms with E-state index < -0.39 is 28.3 Å². The van der Waals surface area contributed by atoms with Gasteiger partial charge in [-0.25, -0.2) is 9.89 Å². The zero-order chi connectivity index (χ0) is 17.3. The summed E-state index contributed by atoms with van der Waals surface area (Å²) in [4.78, 5) is 25.5. The predicted octanol–water partition coefficient (Wildman–Crippen LogP) is 0.759. The third-order valence-electron chi connectivity index (χ3n) is 3.71. The van der Waals surface area contributed by atoms with Crippen LogP contribution in [0.4, 0.5) is 0 Å². The van der Waals surface area contributed by atoms with Crippen molar-refractivity contribution in [1.29, 1.82) is 0 Å². The Morgan fingerprint density at radius 2 is 2.12 bits per heavy atom. The number of rotatable bonds is 3. The van der Waals surface area contributed by atoms with Gasteiger partial charge in [0.15, 0.2) is 17.3 Å². The highest BCUT2D eigenvalue weighted by atomic mass is 16.4. The van der Waals surface area contributed by atoms with Crippen LogP contribution in [0.15, 0.2) is 41.2 Å². The molecule has 0 radical (unpaired) electrons. The van der Waals surface area contributed by atoms with Gasteiger partial charge in [-0.15, -0.1) is 5.10 Å². The third-order valence-corrected chi connectivity index (χ3v) is 3.71. The van der Waals surface area contributed by atoms with Gasteiger partial charge in [-0.3, -0.25) is 4.79 Å². The van der Waals surface area contributed by atoms with Gasteiger partial charge < -0.3 is 15.2 Å². The lowest BCUT2D eigenvalue weighted by Crippen LogP contribution is -2.17. The summed E-state index contributed by atoms with van der Waals surface area (Å²) >= 11 is 0. The number of tetrazole rings is 1. The number of nitrogens with one attached hydrogen (secondary N) is 2. The van der Waals surface area contributed by atoms with E-state index in [0.29, 0.717) is 11.4 Å². The zero-order valence-corrected chi connectivity index (χ0v) is 12.5. The minimum atomic E-state index is -1.42. The van der Waals surface area contributed by atoms with Gasteiger partial charge in [-0.2, -0.15) is 0 Å². The Labute approximate surface area is 135 Å². The van der Waals surface area contributed by atoms with Crippen molar-refractivity contribution in [2.24, 2.45) is 0 Å². The molecule has 0 spiro atoms. The van der Waals surface area contributed by atoms with Gasteiger partial charge in [-0.05, 0) is 22.9 Å². The van der Waals surface area contributed by atoms with Crippen LogP contribution in [0.5, 0.6) is 5.75 Å². The Balaban J connectivity index is 2.04. The molecular weight excluding hydrogens is 314 g/mol. The highest BCUT2D eigenvalue weighted by Crippen LogP contribution is 2.28. The number of allylic oxidation sites excluding steroid dienone is 6. The fourth-order valence-electron chi connectivity index (χ4n) is 2.31. The first kappa shape index (κ1) is 15.4. The van der Waals surface area contributed by atoms with Crippen molar-refractivity contribution >= 4 is 11.5 Å². The van der Waals surface area contributed by atoms with Crippen LogP contribution < -0.4 is 5.43 Å². The number of carboxylic acid groups (broad SMARTS) is 1. The molecule has 2 heterocycles. The molecule has 1 aliphatic carbocycles. The molecule has 0 saturated heterocycles. The molecule has 0 aromatic carbocycles. The number of hydrogen-bond acceptors (Lipinski definition) is 6. The first-order valence-corrected chi connectivity index (χ1v) is 6.93. The van der Waals surface area contributed by atoms with E-state index in [-0.39, 0.29) is 5.69 Å². The fraction of sp³-hybridized carbons (Fsp3) is 0.133. The molecule has 0 fully saturated rings. The molecule has 2 aromatic heterocycles. The second kappa shape index (κ2) is 5.61. The van der Waals surface area contributed by atoms with Crippen LogP contribution in [-0.2, 0) is 5.41 Å². The molecule has 0 saturated carbocycles. The van der Waals surface area contributed by atoms with Crippen LogP contribution in [0.3, 0.4) is 0 Å². The lowest BCUT2D eigenvalue weighted by atomic mass is 9.89. The summed E-state index contributed by atoms with van der Waals surface area (Å²) < 4.78 is 0. The quantitative estimate of drug-likeness (QED) is 0.651. The van der Waals surface area contributed by atoms with E-state index in [0.717, 1.165) is 6.07 Å². The molecule has 3 rings (SSSR count). The summed E-state index contributed by atoms with van der Waals surface area (Å²) in [5.74, 6) is -1.70. The highest BCUT2D eigenvalue weighted by Gasteiger charge is 2.25. The van der Waals surface area contributed by atoms with Gasteiger partial charge in [0.1, 0.15) is 0 Å². The maximum absolute atomic E-state index is 11.8. The molecule has 9 heteroatoms. The van der Waals surface area contributed by atoms with Gasteiger partial charge in [0.2, 0.25) is 5.43 Å². The molecule has 0 amide bonds. The highest BCUT2D eigenvalue weighted by molar-refractivity contribution is 5.89. The van der Waals surface area contributed by atoms with E-state index in [1.165, 1.54) is 0 Å². The number of pyridine rings is 1. The summed E-state index contributed by atoms with van der Waals surface area (Å²) in [6.07, 6.45) is 8.85. The predicted molar refractivity (Wildman–Crippen MR) is 83.5 cm³/mol. The molecule has 0 bridgehead atoms. The molecule has 122 valence electrons. The second-order valence-electron chi connectivity index (χ2n) is 5.42. The number of aromatic amines is 2. The standard InChI is InChI=1S/C15H13N5O4/c1-15(14-17-19-20-18-14)5-2-3-8(4-6-15)9-7-10(21)12(22)11(16-9)13(23)24/h2-7,22H,1H3,(H,16,21)(H,23,24)(H,17,18,19,20). The molecule has 4 N–H and O–H groups in total. The largest absolute Gasteiger partial charge is 0.502 e. The summed E-state index contributed by atoms with van der Waals surface area (Å²) in [7, 11) is 0. The van der Waals surface area contributed by atoms with Gasteiger partial charge in [0, 0.05) is 6.07 Å². The van der Waals surface area contributed by atoms with Crippen molar-refractivity contribution in [2.45, 2.75) is 12.3 Å². The van der Waals surface area contributed by atoms with Gasteiger partial charge >= 0.3 is 5.97 Å². The van der Waals surface area contributed by atoms with Crippen LogP contribution in [0, 0.1) is 0 Å². The molecule has 9 nitrogen and oxygen atoms in total. The van der Waals surface area contributed by atoms with Crippen LogP contribution in [0.25, 0.3) is 5.57 Å². The van der Waals surface area contributed by atoms with Crippen molar-refractivity contribution in [3.8, 4) is 5.75 Å². The Bertz CT molecular complexity index is 939. The molecule has 2 aromatic rings. The lowest BCUT2D eigenvalue weighted by molar-refractivity contribution is 0.0686. The van der Waals surface area contributed by atoms with E-state index >= 15 is 0 Å². The number of aromatic nitrogens is 5. The van der Waals surface area contributed by atoms with Crippen LogP contribution >= 0.6 is 0 Å². The van der Waals surface area contributed by atoms with E-state index in [9.17, 15) is 14.7 Å². The van der Waals surface area contributed by atoms with E-state index in [1.807, 2.05) is 19.1 Å². The zero-order valence-electron chi connectivity index (χ0n) is 12.5. The van der Waals surface area contributed by atoms with Gasteiger partial charge in [0.05, 0.1) is 11.1 Å².